The lowest BCUT2D eigenvalue weighted by Gasteiger charge is -2.10. The SMILES string of the molecule is CNC(=O)NC(=O)[C@@H](C)Sc1nnc(-c2ccoc2C)n1C. The van der Waals surface area contributed by atoms with E-state index >= 15 is 0 Å². The third-order valence-electron chi connectivity index (χ3n) is 3.05. The van der Waals surface area contributed by atoms with E-state index in [2.05, 4.69) is 20.8 Å². The van der Waals surface area contributed by atoms with Crippen molar-refractivity contribution in [1.82, 2.24) is 25.4 Å². The van der Waals surface area contributed by atoms with Crippen molar-refractivity contribution in [2.45, 2.75) is 24.3 Å². The molecular formula is C13H17N5O3S. The number of hydrogen-bond acceptors (Lipinski definition) is 6. The molecule has 3 amide bonds. The van der Waals surface area contributed by atoms with E-state index in [-0.39, 0.29) is 0 Å². The molecule has 0 aliphatic rings. The highest BCUT2D eigenvalue weighted by Crippen LogP contribution is 2.27. The number of rotatable bonds is 4. The number of aryl methyl sites for hydroxylation is 1. The Bertz CT molecular complexity index is 694. The lowest BCUT2D eigenvalue weighted by atomic mass is 10.2. The highest BCUT2D eigenvalue weighted by Gasteiger charge is 2.21. The molecule has 2 N–H and O–H groups in total. The minimum absolute atomic E-state index is 0.395. The number of aromatic nitrogens is 3. The van der Waals surface area contributed by atoms with Crippen molar-refractivity contribution in [1.29, 1.82) is 0 Å². The number of carbonyl (C=O) groups excluding carboxylic acids is 2. The Kier molecular flexibility index (Phi) is 4.86. The molecule has 0 aromatic carbocycles. The molecule has 0 bridgehead atoms. The lowest BCUT2D eigenvalue weighted by Crippen LogP contribution is -2.41. The molecular weight excluding hydrogens is 306 g/mol. The van der Waals surface area contributed by atoms with Gasteiger partial charge in [0, 0.05) is 14.1 Å². The summed E-state index contributed by atoms with van der Waals surface area (Å²) in [6, 6.07) is 1.28. The zero-order chi connectivity index (χ0) is 16.3. The lowest BCUT2D eigenvalue weighted by molar-refractivity contribution is -0.119. The fourth-order valence-corrected chi connectivity index (χ4v) is 2.57. The first-order chi connectivity index (χ1) is 10.4. The zero-order valence-electron chi connectivity index (χ0n) is 12.7. The van der Waals surface area contributed by atoms with E-state index in [4.69, 9.17) is 4.42 Å². The highest BCUT2D eigenvalue weighted by molar-refractivity contribution is 8.00. The number of furan rings is 1. The number of nitrogens with zero attached hydrogens (tertiary/aromatic N) is 3. The Labute approximate surface area is 131 Å². The Morgan fingerprint density at radius 2 is 2.14 bits per heavy atom. The third kappa shape index (κ3) is 3.30. The van der Waals surface area contributed by atoms with Crippen LogP contribution in [0.5, 0.6) is 0 Å². The number of carbonyl (C=O) groups is 2. The number of thioether (sulfide) groups is 1. The summed E-state index contributed by atoms with van der Waals surface area (Å²) < 4.78 is 7.05. The first-order valence-electron chi connectivity index (χ1n) is 6.57. The molecule has 8 nitrogen and oxygen atoms in total. The second kappa shape index (κ2) is 6.65. The number of urea groups is 1. The van der Waals surface area contributed by atoms with Crippen LogP contribution in [0, 0.1) is 6.92 Å². The standard InChI is InChI=1S/C13H17N5O3S/c1-7-9(5-6-21-7)10-16-17-13(18(10)4)22-8(2)11(19)15-12(20)14-3/h5-6,8H,1-4H3,(H2,14,15,19,20)/t8-/m1/s1. The van der Waals surface area contributed by atoms with Gasteiger partial charge in [0.25, 0.3) is 0 Å². The van der Waals surface area contributed by atoms with Gasteiger partial charge in [-0.3, -0.25) is 10.1 Å². The van der Waals surface area contributed by atoms with Crippen molar-refractivity contribution >= 4 is 23.7 Å². The maximum atomic E-state index is 11.9. The van der Waals surface area contributed by atoms with Crippen LogP contribution in [0.2, 0.25) is 0 Å². The summed E-state index contributed by atoms with van der Waals surface area (Å²) in [5, 5.41) is 12.9. The monoisotopic (exact) mass is 323 g/mol. The van der Waals surface area contributed by atoms with Gasteiger partial charge in [-0.15, -0.1) is 10.2 Å². The largest absolute Gasteiger partial charge is 0.469 e. The van der Waals surface area contributed by atoms with Crippen molar-refractivity contribution in [2.24, 2.45) is 7.05 Å². The smallest absolute Gasteiger partial charge is 0.321 e. The van der Waals surface area contributed by atoms with Gasteiger partial charge < -0.3 is 14.3 Å². The fourth-order valence-electron chi connectivity index (χ4n) is 1.76. The summed E-state index contributed by atoms with van der Waals surface area (Å²) in [7, 11) is 3.26. The maximum Gasteiger partial charge on any atom is 0.321 e. The van der Waals surface area contributed by atoms with Crippen LogP contribution in [0.15, 0.2) is 21.9 Å². The third-order valence-corrected chi connectivity index (χ3v) is 4.18. The molecule has 2 aromatic heterocycles. The summed E-state index contributed by atoms with van der Waals surface area (Å²) in [5.41, 5.74) is 0.851. The normalized spacial score (nSPS) is 12.0. The first kappa shape index (κ1) is 16.1. The molecule has 9 heteroatoms. The van der Waals surface area contributed by atoms with Gasteiger partial charge in [-0.2, -0.15) is 0 Å². The predicted octanol–water partition coefficient (Wildman–Crippen LogP) is 1.32. The summed E-state index contributed by atoms with van der Waals surface area (Å²) in [5.74, 6) is 1.01. The van der Waals surface area contributed by atoms with Crippen LogP contribution in [-0.2, 0) is 11.8 Å². The number of amides is 3. The minimum Gasteiger partial charge on any atom is -0.469 e. The van der Waals surface area contributed by atoms with Crippen molar-refractivity contribution < 1.29 is 14.0 Å². The summed E-state index contributed by atoms with van der Waals surface area (Å²) in [6.45, 7) is 3.54. The van der Waals surface area contributed by atoms with Gasteiger partial charge >= 0.3 is 6.03 Å². The number of imide groups is 1. The maximum absolute atomic E-state index is 11.9. The van der Waals surface area contributed by atoms with Crippen LogP contribution >= 0.6 is 11.8 Å². The highest BCUT2D eigenvalue weighted by atomic mass is 32.2. The molecule has 1 atom stereocenters. The molecule has 0 radical (unpaired) electrons. The molecule has 2 aromatic rings. The minimum atomic E-state index is -0.537. The zero-order valence-corrected chi connectivity index (χ0v) is 13.5. The Hall–Kier alpha value is -2.29. The second-order valence-corrected chi connectivity index (χ2v) is 5.89. The Balaban J connectivity index is 2.11. The molecule has 0 fully saturated rings. The summed E-state index contributed by atoms with van der Waals surface area (Å²) in [6.07, 6.45) is 1.59. The predicted molar refractivity (Wildman–Crippen MR) is 81.4 cm³/mol. The summed E-state index contributed by atoms with van der Waals surface area (Å²) in [4.78, 5) is 23.0. The Morgan fingerprint density at radius 3 is 2.73 bits per heavy atom. The van der Waals surface area contributed by atoms with Gasteiger partial charge in [-0.05, 0) is 19.9 Å². The first-order valence-corrected chi connectivity index (χ1v) is 7.45. The van der Waals surface area contributed by atoms with E-state index < -0.39 is 17.2 Å². The average Bonchev–Trinajstić information content (AvgIpc) is 3.05. The molecule has 0 saturated carbocycles. The van der Waals surface area contributed by atoms with Crippen molar-refractivity contribution in [3.8, 4) is 11.4 Å². The van der Waals surface area contributed by atoms with Crippen LogP contribution < -0.4 is 10.6 Å². The molecule has 0 aliphatic carbocycles. The van der Waals surface area contributed by atoms with Crippen LogP contribution in [-0.4, -0.2) is 39.0 Å². The number of nitrogens with one attached hydrogen (secondary N) is 2. The number of hydrogen-bond donors (Lipinski definition) is 2. The summed E-state index contributed by atoms with van der Waals surface area (Å²) >= 11 is 1.22. The topological polar surface area (TPSA) is 102 Å². The van der Waals surface area contributed by atoms with Crippen LogP contribution in [0.25, 0.3) is 11.4 Å². The molecule has 118 valence electrons. The van der Waals surface area contributed by atoms with Crippen molar-refractivity contribution in [2.75, 3.05) is 7.05 Å². The van der Waals surface area contributed by atoms with E-state index in [1.54, 1.807) is 17.8 Å². The van der Waals surface area contributed by atoms with Crippen molar-refractivity contribution in [3.05, 3.63) is 18.1 Å². The molecule has 22 heavy (non-hydrogen) atoms. The van der Waals surface area contributed by atoms with Crippen LogP contribution in [0.3, 0.4) is 0 Å². The van der Waals surface area contributed by atoms with Gasteiger partial charge in [0.2, 0.25) is 5.91 Å². The van der Waals surface area contributed by atoms with E-state index in [0.717, 1.165) is 11.3 Å². The van der Waals surface area contributed by atoms with Crippen molar-refractivity contribution in [3.63, 3.8) is 0 Å². The van der Waals surface area contributed by atoms with Crippen LogP contribution in [0.4, 0.5) is 4.79 Å². The molecule has 2 rings (SSSR count). The van der Waals surface area contributed by atoms with E-state index in [1.807, 2.05) is 20.0 Å². The van der Waals surface area contributed by atoms with E-state index in [1.165, 1.54) is 18.8 Å². The second-order valence-electron chi connectivity index (χ2n) is 4.58. The fraction of sp³-hybridized carbons (Fsp3) is 0.385. The van der Waals surface area contributed by atoms with Gasteiger partial charge in [0.05, 0.1) is 17.1 Å². The Morgan fingerprint density at radius 1 is 1.41 bits per heavy atom. The van der Waals surface area contributed by atoms with E-state index in [0.29, 0.717) is 11.0 Å². The quantitative estimate of drug-likeness (QED) is 0.823. The molecule has 0 aliphatic heterocycles. The van der Waals surface area contributed by atoms with Gasteiger partial charge in [0.15, 0.2) is 11.0 Å². The van der Waals surface area contributed by atoms with Gasteiger partial charge in [-0.1, -0.05) is 11.8 Å². The van der Waals surface area contributed by atoms with Crippen LogP contribution in [0.1, 0.15) is 12.7 Å². The molecule has 0 saturated heterocycles. The van der Waals surface area contributed by atoms with Gasteiger partial charge in [0.1, 0.15) is 5.76 Å². The van der Waals surface area contributed by atoms with E-state index in [9.17, 15) is 9.59 Å². The average molecular weight is 323 g/mol. The molecule has 2 heterocycles. The molecule has 0 spiro atoms. The molecule has 0 unspecified atom stereocenters. The van der Waals surface area contributed by atoms with Gasteiger partial charge in [-0.25, -0.2) is 4.79 Å².